The molecule has 0 aliphatic carbocycles. The zero-order valence-electron chi connectivity index (χ0n) is 13.3. The van der Waals surface area contributed by atoms with Crippen molar-refractivity contribution in [3.63, 3.8) is 0 Å². The topological polar surface area (TPSA) is 21.3 Å². The van der Waals surface area contributed by atoms with Gasteiger partial charge in [-0.2, -0.15) is 0 Å². The summed E-state index contributed by atoms with van der Waals surface area (Å²) < 4.78 is 5.96. The zero-order chi connectivity index (χ0) is 14.5. The van der Waals surface area contributed by atoms with Crippen molar-refractivity contribution >= 4 is 0 Å². The van der Waals surface area contributed by atoms with Crippen LogP contribution in [-0.4, -0.2) is 13.2 Å². The second-order valence-electron chi connectivity index (χ2n) is 6.57. The van der Waals surface area contributed by atoms with E-state index in [1.807, 2.05) is 0 Å². The van der Waals surface area contributed by atoms with Crippen LogP contribution in [-0.2, 0) is 12.0 Å². The van der Waals surface area contributed by atoms with Crippen LogP contribution in [0.4, 0.5) is 0 Å². The van der Waals surface area contributed by atoms with Gasteiger partial charge < -0.3 is 10.1 Å². The fourth-order valence-electron chi connectivity index (χ4n) is 1.92. The summed E-state index contributed by atoms with van der Waals surface area (Å²) in [7, 11) is 0. The van der Waals surface area contributed by atoms with Crippen LogP contribution in [0, 0.1) is 5.92 Å². The maximum absolute atomic E-state index is 5.96. The molecule has 1 rings (SSSR count). The molecule has 0 atom stereocenters. The third-order valence-corrected chi connectivity index (χ3v) is 3.00. The highest BCUT2D eigenvalue weighted by Gasteiger charge is 2.19. The fraction of sp³-hybridized carbons (Fsp3) is 0.647. The number of hydrogen-bond acceptors (Lipinski definition) is 2. The molecule has 0 bridgehead atoms. The third kappa shape index (κ3) is 5.23. The van der Waals surface area contributed by atoms with E-state index < -0.39 is 0 Å². The lowest BCUT2D eigenvalue weighted by Gasteiger charge is -2.24. The van der Waals surface area contributed by atoms with Gasteiger partial charge in [0.25, 0.3) is 0 Å². The van der Waals surface area contributed by atoms with E-state index in [-0.39, 0.29) is 5.41 Å². The molecule has 0 radical (unpaired) electrons. The monoisotopic (exact) mass is 263 g/mol. The molecule has 19 heavy (non-hydrogen) atoms. The van der Waals surface area contributed by atoms with Gasteiger partial charge in [-0.05, 0) is 35.1 Å². The molecule has 0 saturated heterocycles. The number of nitrogens with one attached hydrogen (secondary N) is 1. The quantitative estimate of drug-likeness (QED) is 0.833. The van der Waals surface area contributed by atoms with Crippen LogP contribution < -0.4 is 10.1 Å². The average molecular weight is 263 g/mol. The zero-order valence-corrected chi connectivity index (χ0v) is 13.3. The van der Waals surface area contributed by atoms with Gasteiger partial charge in [-0.15, -0.1) is 0 Å². The van der Waals surface area contributed by atoms with Gasteiger partial charge in [-0.3, -0.25) is 0 Å². The minimum atomic E-state index is 0.106. The Balaban J connectivity index is 2.96. The standard InChI is InChI=1S/C17H29NO/c1-7-18-11-14-8-9-16(19-12-13(2)3)15(10-14)17(4,5)6/h8-10,13,18H,7,11-12H2,1-6H3. The van der Waals surface area contributed by atoms with Gasteiger partial charge in [0.2, 0.25) is 0 Å². The van der Waals surface area contributed by atoms with Gasteiger partial charge in [-0.1, -0.05) is 53.7 Å². The van der Waals surface area contributed by atoms with E-state index in [0.717, 1.165) is 25.4 Å². The van der Waals surface area contributed by atoms with Crippen molar-refractivity contribution in [2.24, 2.45) is 5.92 Å². The lowest BCUT2D eigenvalue weighted by Crippen LogP contribution is -2.17. The van der Waals surface area contributed by atoms with Crippen LogP contribution >= 0.6 is 0 Å². The molecule has 0 saturated carbocycles. The van der Waals surface area contributed by atoms with Crippen molar-refractivity contribution in [3.05, 3.63) is 29.3 Å². The van der Waals surface area contributed by atoms with Crippen LogP contribution in [0.5, 0.6) is 5.75 Å². The summed E-state index contributed by atoms with van der Waals surface area (Å²) >= 11 is 0. The highest BCUT2D eigenvalue weighted by atomic mass is 16.5. The summed E-state index contributed by atoms with van der Waals surface area (Å²) in [5, 5.41) is 3.37. The molecule has 0 amide bonds. The Morgan fingerprint density at radius 3 is 2.42 bits per heavy atom. The lowest BCUT2D eigenvalue weighted by atomic mass is 9.85. The molecule has 2 nitrogen and oxygen atoms in total. The van der Waals surface area contributed by atoms with Gasteiger partial charge in [0.05, 0.1) is 6.61 Å². The number of hydrogen-bond donors (Lipinski definition) is 1. The van der Waals surface area contributed by atoms with Crippen LogP contribution in [0.1, 0.15) is 52.7 Å². The van der Waals surface area contributed by atoms with Gasteiger partial charge >= 0.3 is 0 Å². The van der Waals surface area contributed by atoms with Crippen LogP contribution in [0.15, 0.2) is 18.2 Å². The predicted molar refractivity (Wildman–Crippen MR) is 82.9 cm³/mol. The number of ether oxygens (including phenoxy) is 1. The smallest absolute Gasteiger partial charge is 0.123 e. The second kappa shape index (κ2) is 6.95. The molecule has 0 aromatic heterocycles. The van der Waals surface area contributed by atoms with Gasteiger partial charge in [0, 0.05) is 6.54 Å². The number of rotatable bonds is 6. The molecule has 0 heterocycles. The molecule has 0 aliphatic heterocycles. The van der Waals surface area contributed by atoms with E-state index in [9.17, 15) is 0 Å². The van der Waals surface area contributed by atoms with Crippen molar-refractivity contribution in [3.8, 4) is 5.75 Å². The SMILES string of the molecule is CCNCc1ccc(OCC(C)C)c(C(C)(C)C)c1. The van der Waals surface area contributed by atoms with Gasteiger partial charge in [0.1, 0.15) is 5.75 Å². The number of benzene rings is 1. The summed E-state index contributed by atoms with van der Waals surface area (Å²) in [6.45, 7) is 15.9. The molecule has 0 aliphatic rings. The molecular weight excluding hydrogens is 234 g/mol. The minimum absolute atomic E-state index is 0.106. The minimum Gasteiger partial charge on any atom is -0.493 e. The Bertz CT molecular complexity index is 391. The first-order valence-corrected chi connectivity index (χ1v) is 7.31. The maximum Gasteiger partial charge on any atom is 0.123 e. The van der Waals surface area contributed by atoms with Crippen molar-refractivity contribution in [1.82, 2.24) is 5.32 Å². The Morgan fingerprint density at radius 1 is 1.21 bits per heavy atom. The molecule has 108 valence electrons. The molecule has 2 heteroatoms. The molecule has 1 N–H and O–H groups in total. The fourth-order valence-corrected chi connectivity index (χ4v) is 1.92. The normalized spacial score (nSPS) is 11.9. The summed E-state index contributed by atoms with van der Waals surface area (Å²) in [5.74, 6) is 1.58. The summed E-state index contributed by atoms with van der Waals surface area (Å²) in [5.41, 5.74) is 2.72. The molecule has 0 spiro atoms. The summed E-state index contributed by atoms with van der Waals surface area (Å²) in [4.78, 5) is 0. The first kappa shape index (κ1) is 16.0. The third-order valence-electron chi connectivity index (χ3n) is 3.00. The van der Waals surface area contributed by atoms with E-state index in [1.165, 1.54) is 11.1 Å². The van der Waals surface area contributed by atoms with Gasteiger partial charge in [-0.25, -0.2) is 0 Å². The Morgan fingerprint density at radius 2 is 1.89 bits per heavy atom. The van der Waals surface area contributed by atoms with E-state index in [4.69, 9.17) is 4.74 Å². The van der Waals surface area contributed by atoms with Gasteiger partial charge in [0.15, 0.2) is 0 Å². The lowest BCUT2D eigenvalue weighted by molar-refractivity contribution is 0.265. The molecular formula is C17H29NO. The van der Waals surface area contributed by atoms with Crippen molar-refractivity contribution in [1.29, 1.82) is 0 Å². The van der Waals surface area contributed by atoms with E-state index in [0.29, 0.717) is 5.92 Å². The van der Waals surface area contributed by atoms with E-state index in [1.54, 1.807) is 0 Å². The first-order valence-electron chi connectivity index (χ1n) is 7.31. The largest absolute Gasteiger partial charge is 0.493 e. The van der Waals surface area contributed by atoms with E-state index >= 15 is 0 Å². The van der Waals surface area contributed by atoms with Crippen molar-refractivity contribution < 1.29 is 4.74 Å². The molecule has 1 aromatic carbocycles. The molecule has 0 fully saturated rings. The van der Waals surface area contributed by atoms with Crippen LogP contribution in [0.25, 0.3) is 0 Å². The Hall–Kier alpha value is -1.02. The van der Waals surface area contributed by atoms with Crippen LogP contribution in [0.3, 0.4) is 0 Å². The molecule has 0 unspecified atom stereocenters. The highest BCUT2D eigenvalue weighted by molar-refractivity contribution is 5.41. The van der Waals surface area contributed by atoms with Crippen LogP contribution in [0.2, 0.25) is 0 Å². The summed E-state index contributed by atoms with van der Waals surface area (Å²) in [6, 6.07) is 6.56. The average Bonchev–Trinajstić information content (AvgIpc) is 2.33. The van der Waals surface area contributed by atoms with Crippen molar-refractivity contribution in [2.45, 2.75) is 53.5 Å². The Kier molecular flexibility index (Phi) is 5.86. The highest BCUT2D eigenvalue weighted by Crippen LogP contribution is 2.32. The second-order valence-corrected chi connectivity index (χ2v) is 6.57. The maximum atomic E-state index is 5.96. The van der Waals surface area contributed by atoms with Crippen molar-refractivity contribution in [2.75, 3.05) is 13.2 Å². The Labute approximate surface area is 118 Å². The predicted octanol–water partition coefficient (Wildman–Crippen LogP) is 4.13. The van der Waals surface area contributed by atoms with E-state index in [2.05, 4.69) is 65.1 Å². The molecule has 1 aromatic rings. The summed E-state index contributed by atoms with van der Waals surface area (Å²) in [6.07, 6.45) is 0. The first-order chi connectivity index (χ1) is 8.84.